The SMILES string of the molecule is C\C=C(C(/C(C)=C\C=C\CC)=C(/C)N1CCN(C(=O)C(C)(C)C)C(C)C1)\C(C)CC. The Hall–Kier alpha value is -1.77. The fraction of sp³-hybridized carbons (Fsp3) is 0.667. The van der Waals surface area contributed by atoms with Crippen molar-refractivity contribution < 1.29 is 4.79 Å². The van der Waals surface area contributed by atoms with Gasteiger partial charge < -0.3 is 9.80 Å². The molecule has 1 aliphatic rings. The Labute approximate surface area is 186 Å². The van der Waals surface area contributed by atoms with E-state index in [-0.39, 0.29) is 17.4 Å². The number of allylic oxidation sites excluding steroid dienone is 8. The number of nitrogens with zero attached hydrogens (tertiary/aromatic N) is 2. The summed E-state index contributed by atoms with van der Waals surface area (Å²) in [5.74, 6) is 0.769. The standard InChI is InChI=1S/C27H46N2O/c1-11-14-15-16-21(5)25(24(13-3)20(4)12-2)23(7)28-17-18-29(22(6)19-28)26(30)27(8,9)10/h13-16,20,22H,11-12,17-19H2,1-10H3/b15-14+,21-16-,24-13-,25-23-. The summed E-state index contributed by atoms with van der Waals surface area (Å²) in [6, 6.07) is 0.212. The van der Waals surface area contributed by atoms with Crippen molar-refractivity contribution in [1.29, 1.82) is 0 Å². The lowest BCUT2D eigenvalue weighted by atomic mass is 9.86. The highest BCUT2D eigenvalue weighted by Crippen LogP contribution is 2.33. The number of piperazine rings is 1. The molecule has 0 saturated carbocycles. The van der Waals surface area contributed by atoms with E-state index >= 15 is 0 Å². The van der Waals surface area contributed by atoms with Gasteiger partial charge in [0.25, 0.3) is 0 Å². The predicted octanol–water partition coefficient (Wildman–Crippen LogP) is 6.74. The number of carbonyl (C=O) groups excluding carboxylic acids is 1. The second kappa shape index (κ2) is 11.6. The summed E-state index contributed by atoms with van der Waals surface area (Å²) in [5, 5.41) is 0. The maximum atomic E-state index is 12.8. The second-order valence-electron chi connectivity index (χ2n) is 9.74. The lowest BCUT2D eigenvalue weighted by Gasteiger charge is -2.44. The van der Waals surface area contributed by atoms with Crippen LogP contribution < -0.4 is 0 Å². The van der Waals surface area contributed by atoms with Gasteiger partial charge in [-0.3, -0.25) is 4.79 Å². The molecule has 0 bridgehead atoms. The molecule has 1 fully saturated rings. The predicted molar refractivity (Wildman–Crippen MR) is 131 cm³/mol. The van der Waals surface area contributed by atoms with Crippen molar-refractivity contribution in [2.24, 2.45) is 11.3 Å². The molecule has 0 N–H and O–H groups in total. The van der Waals surface area contributed by atoms with Crippen LogP contribution in [0.2, 0.25) is 0 Å². The quantitative estimate of drug-likeness (QED) is 0.430. The van der Waals surface area contributed by atoms with Crippen LogP contribution in [0.1, 0.15) is 82.1 Å². The van der Waals surface area contributed by atoms with E-state index in [9.17, 15) is 4.79 Å². The molecular formula is C27H46N2O. The lowest BCUT2D eigenvalue weighted by Crippen LogP contribution is -2.56. The molecule has 1 amide bonds. The van der Waals surface area contributed by atoms with Crippen LogP contribution in [0.4, 0.5) is 0 Å². The molecule has 1 rings (SSSR count). The molecule has 1 aliphatic heterocycles. The molecule has 0 radical (unpaired) electrons. The van der Waals surface area contributed by atoms with Gasteiger partial charge in [0.1, 0.15) is 0 Å². The molecule has 3 nitrogen and oxygen atoms in total. The number of amides is 1. The molecule has 2 atom stereocenters. The normalized spacial score (nSPS) is 21.2. The van der Waals surface area contributed by atoms with Crippen LogP contribution in [-0.4, -0.2) is 41.4 Å². The Morgan fingerprint density at radius 2 is 1.80 bits per heavy atom. The van der Waals surface area contributed by atoms with Crippen LogP contribution in [0.3, 0.4) is 0 Å². The van der Waals surface area contributed by atoms with Crippen LogP contribution in [0.15, 0.2) is 46.7 Å². The zero-order chi connectivity index (χ0) is 23.1. The molecule has 0 aromatic heterocycles. The van der Waals surface area contributed by atoms with Gasteiger partial charge in [0.2, 0.25) is 5.91 Å². The maximum absolute atomic E-state index is 12.8. The van der Waals surface area contributed by atoms with Crippen molar-refractivity contribution in [3.05, 3.63) is 46.7 Å². The third-order valence-electron chi connectivity index (χ3n) is 6.22. The van der Waals surface area contributed by atoms with E-state index in [0.29, 0.717) is 5.92 Å². The molecule has 0 aromatic carbocycles. The van der Waals surface area contributed by atoms with Crippen molar-refractivity contribution in [2.75, 3.05) is 19.6 Å². The van der Waals surface area contributed by atoms with E-state index in [4.69, 9.17) is 0 Å². The van der Waals surface area contributed by atoms with Gasteiger partial charge in [-0.15, -0.1) is 0 Å². The van der Waals surface area contributed by atoms with Gasteiger partial charge in [-0.2, -0.15) is 0 Å². The Bertz CT molecular complexity index is 703. The number of hydrogen-bond donors (Lipinski definition) is 0. The van der Waals surface area contributed by atoms with Gasteiger partial charge in [-0.05, 0) is 63.2 Å². The smallest absolute Gasteiger partial charge is 0.228 e. The van der Waals surface area contributed by atoms with E-state index in [2.05, 4.69) is 82.6 Å². The third kappa shape index (κ3) is 6.62. The highest BCUT2D eigenvalue weighted by Gasteiger charge is 2.34. The first kappa shape index (κ1) is 26.3. The Balaban J connectivity index is 3.31. The molecule has 3 heteroatoms. The van der Waals surface area contributed by atoms with Gasteiger partial charge >= 0.3 is 0 Å². The molecule has 0 aromatic rings. The van der Waals surface area contributed by atoms with Crippen LogP contribution in [0.25, 0.3) is 0 Å². The average molecular weight is 415 g/mol. The van der Waals surface area contributed by atoms with Crippen LogP contribution in [-0.2, 0) is 4.79 Å². The highest BCUT2D eigenvalue weighted by molar-refractivity contribution is 5.82. The number of hydrogen-bond acceptors (Lipinski definition) is 2. The summed E-state index contributed by atoms with van der Waals surface area (Å²) >= 11 is 0. The lowest BCUT2D eigenvalue weighted by molar-refractivity contribution is -0.143. The number of carbonyl (C=O) groups is 1. The summed E-state index contributed by atoms with van der Waals surface area (Å²) in [5.41, 5.74) is 5.11. The first-order chi connectivity index (χ1) is 14.0. The fourth-order valence-corrected chi connectivity index (χ4v) is 4.20. The molecule has 170 valence electrons. The monoisotopic (exact) mass is 414 g/mol. The largest absolute Gasteiger partial charge is 0.371 e. The van der Waals surface area contributed by atoms with E-state index in [1.54, 1.807) is 0 Å². The summed E-state index contributed by atoms with van der Waals surface area (Å²) in [7, 11) is 0. The third-order valence-corrected chi connectivity index (χ3v) is 6.22. The molecule has 2 unspecified atom stereocenters. The van der Waals surface area contributed by atoms with Crippen LogP contribution >= 0.6 is 0 Å². The first-order valence-corrected chi connectivity index (χ1v) is 11.8. The highest BCUT2D eigenvalue weighted by atomic mass is 16.2. The Kier molecular flexibility index (Phi) is 10.1. The Morgan fingerprint density at radius 1 is 1.17 bits per heavy atom. The zero-order valence-electron chi connectivity index (χ0n) is 21.3. The van der Waals surface area contributed by atoms with Gasteiger partial charge in [-0.1, -0.05) is 65.8 Å². The summed E-state index contributed by atoms with van der Waals surface area (Å²) in [6.07, 6.45) is 11.1. The maximum Gasteiger partial charge on any atom is 0.228 e. The van der Waals surface area contributed by atoms with E-state index < -0.39 is 0 Å². The zero-order valence-corrected chi connectivity index (χ0v) is 21.3. The first-order valence-electron chi connectivity index (χ1n) is 11.8. The van der Waals surface area contributed by atoms with Gasteiger partial charge in [0.15, 0.2) is 0 Å². The minimum absolute atomic E-state index is 0.212. The second-order valence-corrected chi connectivity index (χ2v) is 9.74. The van der Waals surface area contributed by atoms with Crippen LogP contribution in [0.5, 0.6) is 0 Å². The summed E-state index contributed by atoms with van der Waals surface area (Å²) in [6.45, 7) is 24.2. The minimum atomic E-state index is -0.327. The van der Waals surface area contributed by atoms with Crippen molar-refractivity contribution in [1.82, 2.24) is 9.80 Å². The topological polar surface area (TPSA) is 23.6 Å². The summed E-state index contributed by atoms with van der Waals surface area (Å²) in [4.78, 5) is 17.4. The summed E-state index contributed by atoms with van der Waals surface area (Å²) < 4.78 is 0. The molecule has 30 heavy (non-hydrogen) atoms. The van der Waals surface area contributed by atoms with Gasteiger partial charge in [0, 0.05) is 36.8 Å². The van der Waals surface area contributed by atoms with E-state index in [1.807, 2.05) is 20.8 Å². The molecular weight excluding hydrogens is 368 g/mol. The minimum Gasteiger partial charge on any atom is -0.371 e. The fourth-order valence-electron chi connectivity index (χ4n) is 4.20. The van der Waals surface area contributed by atoms with Gasteiger partial charge in [-0.25, -0.2) is 0 Å². The van der Waals surface area contributed by atoms with E-state index in [0.717, 1.165) is 32.5 Å². The van der Waals surface area contributed by atoms with Crippen molar-refractivity contribution in [3.63, 3.8) is 0 Å². The average Bonchev–Trinajstić information content (AvgIpc) is 2.69. The van der Waals surface area contributed by atoms with Crippen LogP contribution in [0, 0.1) is 11.3 Å². The molecule has 1 heterocycles. The molecule has 0 spiro atoms. The Morgan fingerprint density at radius 3 is 2.27 bits per heavy atom. The molecule has 0 aliphatic carbocycles. The van der Waals surface area contributed by atoms with Crippen molar-refractivity contribution in [3.8, 4) is 0 Å². The van der Waals surface area contributed by atoms with E-state index in [1.165, 1.54) is 22.4 Å². The van der Waals surface area contributed by atoms with Crippen molar-refractivity contribution >= 4 is 5.91 Å². The van der Waals surface area contributed by atoms with Crippen molar-refractivity contribution in [2.45, 2.75) is 88.1 Å². The van der Waals surface area contributed by atoms with Gasteiger partial charge in [0.05, 0.1) is 0 Å². The molecule has 1 saturated heterocycles. The number of rotatable bonds is 7.